The Kier molecular flexibility index (Phi) is 4.12. The Morgan fingerprint density at radius 3 is 2.29 bits per heavy atom. The zero-order chi connectivity index (χ0) is 13.1. The summed E-state index contributed by atoms with van der Waals surface area (Å²) < 4.78 is 5.20. The summed E-state index contributed by atoms with van der Waals surface area (Å²) >= 11 is 0. The van der Waals surface area contributed by atoms with Gasteiger partial charge in [-0.1, -0.05) is 30.3 Å². The topological polar surface area (TPSA) is 55.6 Å². The third-order valence-corrected chi connectivity index (χ3v) is 2.30. The molecule has 1 atom stereocenters. The molecule has 0 heterocycles. The molecule has 2 N–H and O–H groups in total. The second-order valence-electron chi connectivity index (χ2n) is 4.97. The zero-order valence-corrected chi connectivity index (χ0v) is 10.8. The van der Waals surface area contributed by atoms with Gasteiger partial charge in [0.15, 0.2) is 0 Å². The average Bonchev–Trinajstić information content (AvgIpc) is 2.26. The molecule has 0 aliphatic carbocycles. The lowest BCUT2D eigenvalue weighted by atomic mass is 10.1. The molecular formula is C13H20N2O2. The fourth-order valence-corrected chi connectivity index (χ4v) is 1.36. The van der Waals surface area contributed by atoms with E-state index in [2.05, 4.69) is 0 Å². The molecule has 94 valence electrons. The highest BCUT2D eigenvalue weighted by molar-refractivity contribution is 5.68. The van der Waals surface area contributed by atoms with Crippen LogP contribution in [-0.2, 0) is 4.74 Å². The summed E-state index contributed by atoms with van der Waals surface area (Å²) in [5.74, 6) is 5.76. The van der Waals surface area contributed by atoms with Crippen LogP contribution in [0.4, 0.5) is 4.79 Å². The molecule has 1 aromatic carbocycles. The van der Waals surface area contributed by atoms with Crippen molar-refractivity contribution in [1.29, 1.82) is 0 Å². The van der Waals surface area contributed by atoms with Crippen molar-refractivity contribution >= 4 is 6.09 Å². The lowest BCUT2D eigenvalue weighted by Crippen LogP contribution is -2.42. The molecule has 0 saturated carbocycles. The van der Waals surface area contributed by atoms with Gasteiger partial charge in [-0.2, -0.15) is 0 Å². The molecule has 1 rings (SSSR count). The average molecular weight is 236 g/mol. The number of carbonyl (C=O) groups is 1. The monoisotopic (exact) mass is 236 g/mol. The van der Waals surface area contributed by atoms with Crippen LogP contribution in [0.15, 0.2) is 30.3 Å². The maximum Gasteiger partial charge on any atom is 0.425 e. The van der Waals surface area contributed by atoms with Crippen molar-refractivity contribution in [2.75, 3.05) is 0 Å². The number of benzene rings is 1. The molecule has 0 aliphatic heterocycles. The van der Waals surface area contributed by atoms with E-state index in [9.17, 15) is 4.79 Å². The zero-order valence-electron chi connectivity index (χ0n) is 10.8. The van der Waals surface area contributed by atoms with Crippen LogP contribution in [0.3, 0.4) is 0 Å². The molecule has 0 aromatic heterocycles. The van der Waals surface area contributed by atoms with Gasteiger partial charge in [0.2, 0.25) is 0 Å². The molecule has 0 bridgehead atoms. The highest BCUT2D eigenvalue weighted by Crippen LogP contribution is 2.19. The first-order valence-corrected chi connectivity index (χ1v) is 5.63. The SMILES string of the molecule is CC(c1ccccc1)N(N)C(=O)OC(C)(C)C. The summed E-state index contributed by atoms with van der Waals surface area (Å²) in [4.78, 5) is 11.8. The third-order valence-electron chi connectivity index (χ3n) is 2.30. The lowest BCUT2D eigenvalue weighted by Gasteiger charge is -2.28. The van der Waals surface area contributed by atoms with Gasteiger partial charge in [-0.25, -0.2) is 15.6 Å². The summed E-state index contributed by atoms with van der Waals surface area (Å²) in [6, 6.07) is 9.38. The van der Waals surface area contributed by atoms with Gasteiger partial charge in [0.1, 0.15) is 5.60 Å². The van der Waals surface area contributed by atoms with Gasteiger partial charge < -0.3 is 4.74 Å². The smallest absolute Gasteiger partial charge is 0.425 e. The first kappa shape index (κ1) is 13.5. The number of ether oxygens (including phenoxy) is 1. The minimum atomic E-state index is -0.537. The van der Waals surface area contributed by atoms with E-state index in [1.165, 1.54) is 0 Å². The minimum Gasteiger partial charge on any atom is -0.443 e. The fourth-order valence-electron chi connectivity index (χ4n) is 1.36. The van der Waals surface area contributed by atoms with Crippen LogP contribution >= 0.6 is 0 Å². The second kappa shape index (κ2) is 5.19. The Labute approximate surface area is 102 Å². The van der Waals surface area contributed by atoms with Gasteiger partial charge in [-0.3, -0.25) is 0 Å². The Hall–Kier alpha value is -1.55. The van der Waals surface area contributed by atoms with Crippen LogP contribution in [-0.4, -0.2) is 16.7 Å². The molecule has 0 fully saturated rings. The standard InChI is InChI=1S/C13H20N2O2/c1-10(11-8-6-5-7-9-11)15(14)12(16)17-13(2,3)4/h5-10H,14H2,1-4H3. The molecule has 17 heavy (non-hydrogen) atoms. The minimum absolute atomic E-state index is 0.217. The number of carbonyl (C=O) groups excluding carboxylic acids is 1. The lowest BCUT2D eigenvalue weighted by molar-refractivity contribution is 0.0171. The first-order chi connectivity index (χ1) is 7.81. The summed E-state index contributed by atoms with van der Waals surface area (Å²) in [6.07, 6.45) is -0.520. The largest absolute Gasteiger partial charge is 0.443 e. The van der Waals surface area contributed by atoms with E-state index >= 15 is 0 Å². The van der Waals surface area contributed by atoms with E-state index in [4.69, 9.17) is 10.6 Å². The van der Waals surface area contributed by atoms with Gasteiger partial charge in [0.05, 0.1) is 6.04 Å². The summed E-state index contributed by atoms with van der Waals surface area (Å²) in [6.45, 7) is 7.29. The van der Waals surface area contributed by atoms with Crippen molar-refractivity contribution in [3.8, 4) is 0 Å². The Morgan fingerprint density at radius 2 is 1.82 bits per heavy atom. The summed E-state index contributed by atoms with van der Waals surface area (Å²) in [5, 5.41) is 1.11. The molecule has 1 amide bonds. The molecule has 4 nitrogen and oxygen atoms in total. The predicted octanol–water partition coefficient (Wildman–Crippen LogP) is 2.86. The van der Waals surface area contributed by atoms with Crippen molar-refractivity contribution in [3.05, 3.63) is 35.9 Å². The first-order valence-electron chi connectivity index (χ1n) is 5.63. The maximum atomic E-state index is 11.8. The second-order valence-corrected chi connectivity index (χ2v) is 4.97. The Bertz CT molecular complexity index is 371. The van der Waals surface area contributed by atoms with Crippen LogP contribution in [0, 0.1) is 0 Å². The maximum absolute atomic E-state index is 11.8. The molecule has 0 radical (unpaired) electrons. The molecule has 0 spiro atoms. The van der Waals surface area contributed by atoms with Crippen LogP contribution in [0.2, 0.25) is 0 Å². The molecule has 1 unspecified atom stereocenters. The quantitative estimate of drug-likeness (QED) is 0.488. The number of rotatable bonds is 2. The van der Waals surface area contributed by atoms with E-state index in [1.54, 1.807) is 0 Å². The van der Waals surface area contributed by atoms with E-state index in [0.29, 0.717) is 0 Å². The van der Waals surface area contributed by atoms with Crippen molar-refractivity contribution in [3.63, 3.8) is 0 Å². The molecule has 1 aromatic rings. The molecule has 0 aliphatic rings. The molecule has 4 heteroatoms. The number of hydrazine groups is 1. The normalized spacial score (nSPS) is 13.0. The fraction of sp³-hybridized carbons (Fsp3) is 0.462. The van der Waals surface area contributed by atoms with E-state index in [-0.39, 0.29) is 6.04 Å². The Morgan fingerprint density at radius 1 is 1.29 bits per heavy atom. The van der Waals surface area contributed by atoms with Crippen molar-refractivity contribution in [2.24, 2.45) is 5.84 Å². The van der Waals surface area contributed by atoms with Gasteiger partial charge in [-0.15, -0.1) is 0 Å². The van der Waals surface area contributed by atoms with Crippen LogP contribution in [0.25, 0.3) is 0 Å². The van der Waals surface area contributed by atoms with Crippen LogP contribution in [0.5, 0.6) is 0 Å². The third kappa shape index (κ3) is 4.07. The highest BCUT2D eigenvalue weighted by Gasteiger charge is 2.24. The van der Waals surface area contributed by atoms with Gasteiger partial charge in [-0.05, 0) is 33.3 Å². The van der Waals surface area contributed by atoms with Gasteiger partial charge in [0.25, 0.3) is 0 Å². The number of hydrogen-bond donors (Lipinski definition) is 1. The predicted molar refractivity (Wildman–Crippen MR) is 67.1 cm³/mol. The number of nitrogens with two attached hydrogens (primary N) is 1. The number of amides is 1. The van der Waals surface area contributed by atoms with E-state index < -0.39 is 11.7 Å². The highest BCUT2D eigenvalue weighted by atomic mass is 16.6. The summed E-state index contributed by atoms with van der Waals surface area (Å²) in [7, 11) is 0. The van der Waals surface area contributed by atoms with Crippen molar-refractivity contribution in [2.45, 2.75) is 39.3 Å². The van der Waals surface area contributed by atoms with Gasteiger partial charge in [0, 0.05) is 0 Å². The number of hydrogen-bond acceptors (Lipinski definition) is 3. The van der Waals surface area contributed by atoms with Crippen LogP contribution in [0.1, 0.15) is 39.3 Å². The van der Waals surface area contributed by atoms with Crippen LogP contribution < -0.4 is 5.84 Å². The van der Waals surface area contributed by atoms with E-state index in [1.807, 2.05) is 58.0 Å². The van der Waals surface area contributed by atoms with Gasteiger partial charge >= 0.3 is 6.09 Å². The summed E-state index contributed by atoms with van der Waals surface area (Å²) in [5.41, 5.74) is 0.436. The van der Waals surface area contributed by atoms with Crippen molar-refractivity contribution in [1.82, 2.24) is 5.01 Å². The molecule has 0 saturated heterocycles. The molecular weight excluding hydrogens is 216 g/mol. The van der Waals surface area contributed by atoms with Crippen molar-refractivity contribution < 1.29 is 9.53 Å². The van der Waals surface area contributed by atoms with E-state index in [0.717, 1.165) is 10.6 Å². The Balaban J connectivity index is 2.70. The number of nitrogens with zero attached hydrogens (tertiary/aromatic N) is 1.